The summed E-state index contributed by atoms with van der Waals surface area (Å²) in [7, 11) is 1.27. The van der Waals surface area contributed by atoms with Crippen LogP contribution in [0.25, 0.3) is 23.0 Å². The van der Waals surface area contributed by atoms with Gasteiger partial charge >= 0.3 is 6.09 Å². The van der Waals surface area contributed by atoms with Crippen LogP contribution in [0.5, 0.6) is 0 Å². The van der Waals surface area contributed by atoms with Crippen molar-refractivity contribution in [2.75, 3.05) is 30.8 Å². The Labute approximate surface area is 280 Å². The van der Waals surface area contributed by atoms with Gasteiger partial charge in [0.25, 0.3) is 0 Å². The number of hydrogen-bond acceptors (Lipinski definition) is 10. The number of likely N-dealkylation sites (tertiary alicyclic amines) is 1. The lowest BCUT2D eigenvalue weighted by molar-refractivity contribution is -0.135. The highest BCUT2D eigenvalue weighted by Gasteiger charge is 2.30. The second kappa shape index (κ2) is 14.3. The molecule has 15 nitrogen and oxygen atoms in total. The fourth-order valence-electron chi connectivity index (χ4n) is 5.65. The number of nitrogens with zero attached hydrogens (tertiary/aromatic N) is 7. The van der Waals surface area contributed by atoms with Gasteiger partial charge in [-0.15, -0.1) is 5.10 Å². The maximum Gasteiger partial charge on any atom is 0.411 e. The molecule has 0 aliphatic carbocycles. The van der Waals surface area contributed by atoms with Gasteiger partial charge in [0.05, 0.1) is 18.8 Å². The van der Waals surface area contributed by atoms with E-state index in [1.54, 1.807) is 42.5 Å². The Balaban J connectivity index is 1.32. The molecule has 0 saturated carbocycles. The molecule has 4 aromatic rings. The van der Waals surface area contributed by atoms with Crippen LogP contribution in [0.2, 0.25) is 5.02 Å². The summed E-state index contributed by atoms with van der Waals surface area (Å²) in [5.74, 6) is 0.00501. The van der Waals surface area contributed by atoms with Crippen molar-refractivity contribution >= 4 is 47.0 Å². The zero-order valence-electron chi connectivity index (χ0n) is 25.9. The largest absolute Gasteiger partial charge is 0.453 e. The van der Waals surface area contributed by atoms with E-state index in [0.717, 1.165) is 6.42 Å². The number of H-pyrrole nitrogens is 1. The molecule has 0 spiro atoms. The number of ether oxygens (including phenoxy) is 1. The van der Waals surface area contributed by atoms with Crippen LogP contribution < -0.4 is 16.0 Å². The molecule has 1 saturated heterocycles. The molecule has 48 heavy (non-hydrogen) atoms. The molecular weight excluding hydrogens is 638 g/mol. The number of amides is 3. The van der Waals surface area contributed by atoms with Gasteiger partial charge in [0, 0.05) is 46.7 Å². The minimum absolute atomic E-state index is 0.0177. The van der Waals surface area contributed by atoms with Crippen molar-refractivity contribution in [1.29, 1.82) is 5.26 Å². The Morgan fingerprint density at radius 1 is 1.12 bits per heavy atom. The third kappa shape index (κ3) is 7.13. The van der Waals surface area contributed by atoms with E-state index >= 15 is 0 Å². The SMILES string of the molecule is COC(=O)Nc1ccc2c(c1)N[C@@H](C(=O)N1CCC1)CCCC[C@H](NC(=O)/C=C/c1cc(Cl)ccc1-n1cnnn1)c1nc-2c(C#N)[nH]1. The van der Waals surface area contributed by atoms with Crippen LogP contribution in [0.15, 0.2) is 48.8 Å². The van der Waals surface area contributed by atoms with Gasteiger partial charge in [0.15, 0.2) is 0 Å². The molecule has 2 atom stereocenters. The molecule has 4 N–H and O–H groups in total. The monoisotopic (exact) mass is 669 g/mol. The van der Waals surface area contributed by atoms with E-state index in [1.807, 2.05) is 4.90 Å². The zero-order chi connectivity index (χ0) is 33.6. The van der Waals surface area contributed by atoms with Gasteiger partial charge < -0.3 is 25.3 Å². The molecule has 2 aromatic carbocycles. The van der Waals surface area contributed by atoms with Crippen LogP contribution in [0.4, 0.5) is 16.2 Å². The summed E-state index contributed by atoms with van der Waals surface area (Å²) in [5, 5.41) is 30.9. The molecule has 4 heterocycles. The van der Waals surface area contributed by atoms with Crippen LogP contribution in [-0.4, -0.2) is 79.2 Å². The molecule has 6 rings (SSSR count). The molecular formula is C32H32ClN11O4. The lowest BCUT2D eigenvalue weighted by Gasteiger charge is -2.35. The van der Waals surface area contributed by atoms with E-state index in [0.29, 0.717) is 83.5 Å². The summed E-state index contributed by atoms with van der Waals surface area (Å²) in [6.45, 7) is 1.40. The molecule has 2 bridgehead atoms. The third-order valence-electron chi connectivity index (χ3n) is 8.22. The van der Waals surface area contributed by atoms with E-state index in [2.05, 4.69) is 42.5 Å². The number of carbonyl (C=O) groups excluding carboxylic acids is 3. The number of nitriles is 1. The third-order valence-corrected chi connectivity index (χ3v) is 8.45. The van der Waals surface area contributed by atoms with E-state index in [-0.39, 0.29) is 11.6 Å². The summed E-state index contributed by atoms with van der Waals surface area (Å²) >= 11 is 6.24. The number of benzene rings is 2. The van der Waals surface area contributed by atoms with Crippen molar-refractivity contribution in [3.8, 4) is 23.0 Å². The molecule has 2 aliphatic rings. The lowest BCUT2D eigenvalue weighted by atomic mass is 10.00. The maximum atomic E-state index is 13.5. The van der Waals surface area contributed by atoms with E-state index in [4.69, 9.17) is 21.3 Å². The maximum absolute atomic E-state index is 13.5. The number of fused-ring (bicyclic) bond motifs is 4. The Bertz CT molecular complexity index is 1900. The Morgan fingerprint density at radius 3 is 2.69 bits per heavy atom. The summed E-state index contributed by atoms with van der Waals surface area (Å²) in [5.41, 5.74) is 3.28. The molecule has 2 aromatic heterocycles. The Morgan fingerprint density at radius 2 is 1.96 bits per heavy atom. The van der Waals surface area contributed by atoms with Crippen molar-refractivity contribution in [2.45, 2.75) is 44.2 Å². The molecule has 2 aliphatic heterocycles. The van der Waals surface area contributed by atoms with Crippen molar-refractivity contribution in [3.63, 3.8) is 0 Å². The first-order valence-electron chi connectivity index (χ1n) is 15.4. The fourth-order valence-corrected chi connectivity index (χ4v) is 5.83. The standard InChI is InChI=1S/C32H32ClN11O4/c1-48-32(47)36-21-9-10-22-25(16-21)37-24(31(46)43-13-4-14-43)6-3-2-5-23(30-39-26(17-34)29(22)40-30)38-28(45)12-7-19-15-20(33)8-11-27(19)44-18-35-41-42-44/h7-12,15-16,18,23-24,37H,2-6,13-14H2,1H3,(H,36,47)(H,38,45)(H,39,40)/b12-7+/t23-,24+/m0/s1. The average Bonchev–Trinajstić information content (AvgIpc) is 3.74. The summed E-state index contributed by atoms with van der Waals surface area (Å²) < 4.78 is 6.22. The predicted octanol–water partition coefficient (Wildman–Crippen LogP) is 4.21. The van der Waals surface area contributed by atoms with Crippen LogP contribution in [0, 0.1) is 11.3 Å². The number of anilines is 2. The number of aromatic nitrogens is 6. The van der Waals surface area contributed by atoms with Crippen LogP contribution in [0.3, 0.4) is 0 Å². The van der Waals surface area contributed by atoms with Crippen molar-refractivity contribution in [2.24, 2.45) is 0 Å². The molecule has 3 amide bonds. The van der Waals surface area contributed by atoms with Crippen LogP contribution in [-0.2, 0) is 14.3 Å². The highest BCUT2D eigenvalue weighted by atomic mass is 35.5. The first kappa shape index (κ1) is 32.2. The number of nitrogens with one attached hydrogen (secondary N) is 4. The first-order chi connectivity index (χ1) is 23.3. The van der Waals surface area contributed by atoms with Crippen molar-refractivity contribution < 1.29 is 19.1 Å². The number of halogens is 1. The molecule has 1 fully saturated rings. The molecule has 16 heteroatoms. The van der Waals surface area contributed by atoms with Gasteiger partial charge in [-0.25, -0.2) is 9.78 Å². The summed E-state index contributed by atoms with van der Waals surface area (Å²) in [6, 6.07) is 11.3. The van der Waals surface area contributed by atoms with Crippen LogP contribution >= 0.6 is 11.6 Å². The van der Waals surface area contributed by atoms with Crippen molar-refractivity contribution in [3.05, 3.63) is 70.9 Å². The summed E-state index contributed by atoms with van der Waals surface area (Å²) in [4.78, 5) is 48.5. The predicted molar refractivity (Wildman–Crippen MR) is 176 cm³/mol. The number of methoxy groups -OCH3 is 1. The van der Waals surface area contributed by atoms with Gasteiger partial charge in [0.1, 0.15) is 35.7 Å². The fraction of sp³-hybridized carbons (Fsp3) is 0.312. The Hall–Kier alpha value is -5.75. The van der Waals surface area contributed by atoms with Gasteiger partial charge in [-0.1, -0.05) is 24.4 Å². The number of rotatable bonds is 6. The van der Waals surface area contributed by atoms with Gasteiger partial charge in [-0.2, -0.15) is 9.94 Å². The highest BCUT2D eigenvalue weighted by Crippen LogP contribution is 2.35. The van der Waals surface area contributed by atoms with Gasteiger partial charge in [0.2, 0.25) is 11.8 Å². The van der Waals surface area contributed by atoms with E-state index < -0.39 is 24.1 Å². The van der Waals surface area contributed by atoms with Crippen LogP contribution in [0.1, 0.15) is 55.2 Å². The summed E-state index contributed by atoms with van der Waals surface area (Å²) in [6.07, 6.45) is 7.13. The number of aromatic amines is 1. The normalized spacial score (nSPS) is 17.5. The zero-order valence-corrected chi connectivity index (χ0v) is 26.7. The lowest BCUT2D eigenvalue weighted by Crippen LogP contribution is -2.49. The molecule has 246 valence electrons. The first-order valence-corrected chi connectivity index (χ1v) is 15.8. The van der Waals surface area contributed by atoms with E-state index in [1.165, 1.54) is 24.2 Å². The minimum atomic E-state index is -0.647. The van der Waals surface area contributed by atoms with Gasteiger partial charge in [-0.05, 0) is 72.2 Å². The Kier molecular flexibility index (Phi) is 9.62. The average molecular weight is 670 g/mol. The quantitative estimate of drug-likeness (QED) is 0.216. The van der Waals surface area contributed by atoms with Crippen molar-refractivity contribution in [1.82, 2.24) is 40.4 Å². The van der Waals surface area contributed by atoms with Gasteiger partial charge in [-0.3, -0.25) is 14.9 Å². The topological polar surface area (TPSA) is 196 Å². The number of carbonyl (C=O) groups is 3. The molecule has 0 unspecified atom stereocenters. The second-order valence-electron chi connectivity index (χ2n) is 11.3. The number of hydrogen-bond donors (Lipinski definition) is 4. The molecule has 0 radical (unpaired) electrons. The van der Waals surface area contributed by atoms with E-state index in [9.17, 15) is 19.6 Å². The smallest absolute Gasteiger partial charge is 0.411 e. The number of tetrazole rings is 1. The second-order valence-corrected chi connectivity index (χ2v) is 11.8. The minimum Gasteiger partial charge on any atom is -0.453 e. The highest BCUT2D eigenvalue weighted by molar-refractivity contribution is 6.30. The number of imidazole rings is 1.